The molecule has 5 heteroatoms. The predicted octanol–water partition coefficient (Wildman–Crippen LogP) is 2.60. The van der Waals surface area contributed by atoms with E-state index in [1.807, 2.05) is 13.8 Å². The van der Waals surface area contributed by atoms with E-state index in [0.29, 0.717) is 13.0 Å². The first-order valence-corrected chi connectivity index (χ1v) is 7.06. The van der Waals surface area contributed by atoms with Gasteiger partial charge in [0.25, 0.3) is 0 Å². The molecule has 0 radical (unpaired) electrons. The molecule has 0 aromatic rings. The Balaban J connectivity index is 2.81. The first-order valence-electron chi connectivity index (χ1n) is 7.06. The molecule has 1 aliphatic rings. The Morgan fingerprint density at radius 3 is 2.53 bits per heavy atom. The van der Waals surface area contributed by atoms with Gasteiger partial charge in [-0.3, -0.25) is 0 Å². The van der Waals surface area contributed by atoms with E-state index in [0.717, 1.165) is 25.7 Å². The Morgan fingerprint density at radius 2 is 2.00 bits per heavy atom. The molecule has 1 heterocycles. The molecular formula is C14H26N2O3. The lowest BCUT2D eigenvalue weighted by molar-refractivity contribution is -0.150. The van der Waals surface area contributed by atoms with Gasteiger partial charge in [0.05, 0.1) is 0 Å². The van der Waals surface area contributed by atoms with Crippen molar-refractivity contribution in [3.05, 3.63) is 0 Å². The van der Waals surface area contributed by atoms with Gasteiger partial charge in [0, 0.05) is 12.1 Å². The van der Waals surface area contributed by atoms with Crippen LogP contribution in [-0.2, 0) is 4.79 Å². The lowest BCUT2D eigenvalue weighted by atomic mass is 9.88. The second kappa shape index (κ2) is 5.80. The van der Waals surface area contributed by atoms with Crippen molar-refractivity contribution in [2.24, 2.45) is 0 Å². The van der Waals surface area contributed by atoms with E-state index in [1.165, 1.54) is 4.90 Å². The summed E-state index contributed by atoms with van der Waals surface area (Å²) in [4.78, 5) is 25.3. The lowest BCUT2D eigenvalue weighted by Gasteiger charge is -2.43. The Labute approximate surface area is 115 Å². The van der Waals surface area contributed by atoms with E-state index < -0.39 is 11.5 Å². The fourth-order valence-corrected chi connectivity index (χ4v) is 2.71. The SMILES string of the molecule is CCCC(C)(C)NC(=O)N1CCCCC1(C)C(=O)O. The molecule has 0 saturated carbocycles. The summed E-state index contributed by atoms with van der Waals surface area (Å²) in [5.41, 5.74) is -1.38. The molecule has 0 spiro atoms. The number of carbonyl (C=O) groups is 2. The van der Waals surface area contributed by atoms with Crippen LogP contribution in [0.5, 0.6) is 0 Å². The number of carbonyl (C=O) groups excluding carboxylic acids is 1. The van der Waals surface area contributed by atoms with Crippen LogP contribution in [0.25, 0.3) is 0 Å². The topological polar surface area (TPSA) is 69.6 Å². The number of nitrogens with one attached hydrogen (secondary N) is 1. The summed E-state index contributed by atoms with van der Waals surface area (Å²) in [6.45, 7) is 8.15. The lowest BCUT2D eigenvalue weighted by Crippen LogP contribution is -2.62. The van der Waals surface area contributed by atoms with Crippen molar-refractivity contribution < 1.29 is 14.7 Å². The molecule has 5 nitrogen and oxygen atoms in total. The van der Waals surface area contributed by atoms with Crippen molar-refractivity contribution in [1.82, 2.24) is 10.2 Å². The summed E-state index contributed by atoms with van der Waals surface area (Å²) >= 11 is 0. The summed E-state index contributed by atoms with van der Waals surface area (Å²) in [5.74, 6) is -0.921. The van der Waals surface area contributed by atoms with Gasteiger partial charge >= 0.3 is 12.0 Å². The minimum atomic E-state index is -1.08. The number of aliphatic carboxylic acids is 1. The van der Waals surface area contributed by atoms with E-state index in [-0.39, 0.29) is 11.6 Å². The summed E-state index contributed by atoms with van der Waals surface area (Å²) in [7, 11) is 0. The fraction of sp³-hybridized carbons (Fsp3) is 0.857. The third kappa shape index (κ3) is 3.61. The number of hydrogen-bond acceptors (Lipinski definition) is 2. The van der Waals surface area contributed by atoms with Crippen LogP contribution in [-0.4, -0.2) is 39.6 Å². The third-order valence-electron chi connectivity index (χ3n) is 3.92. The van der Waals surface area contributed by atoms with Crippen molar-refractivity contribution in [2.45, 2.75) is 70.9 Å². The quantitative estimate of drug-likeness (QED) is 0.825. The molecule has 110 valence electrons. The first-order chi connectivity index (χ1) is 8.73. The number of urea groups is 1. The molecule has 1 fully saturated rings. The summed E-state index contributed by atoms with van der Waals surface area (Å²) in [6.07, 6.45) is 4.08. The maximum Gasteiger partial charge on any atom is 0.329 e. The maximum absolute atomic E-state index is 12.4. The van der Waals surface area contributed by atoms with Gasteiger partial charge in [0.15, 0.2) is 0 Å². The van der Waals surface area contributed by atoms with Gasteiger partial charge in [0.1, 0.15) is 5.54 Å². The highest BCUT2D eigenvalue weighted by molar-refractivity contribution is 5.86. The minimum Gasteiger partial charge on any atom is -0.480 e. The Bertz CT molecular complexity index is 355. The average Bonchev–Trinajstić information content (AvgIpc) is 2.28. The molecule has 0 aromatic heterocycles. The highest BCUT2D eigenvalue weighted by Gasteiger charge is 2.44. The van der Waals surface area contributed by atoms with Crippen LogP contribution in [0.2, 0.25) is 0 Å². The molecule has 1 atom stereocenters. The van der Waals surface area contributed by atoms with E-state index >= 15 is 0 Å². The van der Waals surface area contributed by atoms with Crippen LogP contribution in [0.4, 0.5) is 4.79 Å². The number of carboxylic acid groups (broad SMARTS) is 1. The zero-order valence-electron chi connectivity index (χ0n) is 12.5. The highest BCUT2D eigenvalue weighted by atomic mass is 16.4. The molecule has 1 saturated heterocycles. The molecule has 0 aromatic carbocycles. The Morgan fingerprint density at radius 1 is 1.37 bits per heavy atom. The number of likely N-dealkylation sites (tertiary alicyclic amines) is 1. The smallest absolute Gasteiger partial charge is 0.329 e. The van der Waals surface area contributed by atoms with Crippen molar-refractivity contribution >= 4 is 12.0 Å². The second-order valence-electron chi connectivity index (χ2n) is 6.25. The van der Waals surface area contributed by atoms with Gasteiger partial charge in [-0.25, -0.2) is 9.59 Å². The second-order valence-corrected chi connectivity index (χ2v) is 6.25. The molecule has 1 rings (SSSR count). The van der Waals surface area contributed by atoms with Gasteiger partial charge in [-0.2, -0.15) is 0 Å². The number of carboxylic acids is 1. The van der Waals surface area contributed by atoms with Crippen molar-refractivity contribution in [2.75, 3.05) is 6.54 Å². The average molecular weight is 270 g/mol. The normalized spacial score (nSPS) is 24.1. The summed E-state index contributed by atoms with van der Waals surface area (Å²) in [5, 5.41) is 12.4. The van der Waals surface area contributed by atoms with Crippen LogP contribution in [0.15, 0.2) is 0 Å². The van der Waals surface area contributed by atoms with Crippen LogP contribution >= 0.6 is 0 Å². The third-order valence-corrected chi connectivity index (χ3v) is 3.92. The monoisotopic (exact) mass is 270 g/mol. The standard InChI is InChI=1S/C14H26N2O3/c1-5-8-13(2,3)15-12(19)16-10-7-6-9-14(16,4)11(17)18/h5-10H2,1-4H3,(H,15,19)(H,17,18). The number of amides is 2. The van der Waals surface area contributed by atoms with Crippen LogP contribution in [0.3, 0.4) is 0 Å². The van der Waals surface area contributed by atoms with Crippen molar-refractivity contribution in [3.63, 3.8) is 0 Å². The van der Waals surface area contributed by atoms with Crippen LogP contribution in [0, 0.1) is 0 Å². The van der Waals surface area contributed by atoms with Gasteiger partial charge in [-0.1, -0.05) is 13.3 Å². The van der Waals surface area contributed by atoms with Gasteiger partial charge in [0.2, 0.25) is 0 Å². The van der Waals surface area contributed by atoms with Gasteiger partial charge in [-0.05, 0) is 46.5 Å². The number of rotatable bonds is 4. The molecule has 19 heavy (non-hydrogen) atoms. The maximum atomic E-state index is 12.4. The van der Waals surface area contributed by atoms with Crippen molar-refractivity contribution in [1.29, 1.82) is 0 Å². The highest BCUT2D eigenvalue weighted by Crippen LogP contribution is 2.28. The number of piperidine rings is 1. The fourth-order valence-electron chi connectivity index (χ4n) is 2.71. The summed E-state index contributed by atoms with van der Waals surface area (Å²) < 4.78 is 0. The van der Waals surface area contributed by atoms with E-state index in [2.05, 4.69) is 12.2 Å². The molecular weight excluding hydrogens is 244 g/mol. The van der Waals surface area contributed by atoms with E-state index in [9.17, 15) is 14.7 Å². The Kier molecular flexibility index (Phi) is 4.82. The zero-order valence-corrected chi connectivity index (χ0v) is 12.5. The van der Waals surface area contributed by atoms with Gasteiger partial charge < -0.3 is 15.3 Å². The van der Waals surface area contributed by atoms with E-state index in [4.69, 9.17) is 0 Å². The molecule has 0 aliphatic carbocycles. The molecule has 2 amide bonds. The number of nitrogens with zero attached hydrogens (tertiary/aromatic N) is 1. The van der Waals surface area contributed by atoms with Crippen molar-refractivity contribution in [3.8, 4) is 0 Å². The Hall–Kier alpha value is -1.26. The zero-order chi connectivity index (χ0) is 14.7. The summed E-state index contributed by atoms with van der Waals surface area (Å²) in [6, 6.07) is -0.261. The van der Waals surface area contributed by atoms with Crippen LogP contribution in [0.1, 0.15) is 59.8 Å². The number of hydrogen-bond donors (Lipinski definition) is 2. The molecule has 2 N–H and O–H groups in total. The molecule has 1 unspecified atom stereocenters. The minimum absolute atomic E-state index is 0.261. The van der Waals surface area contributed by atoms with Crippen LogP contribution < -0.4 is 5.32 Å². The predicted molar refractivity (Wildman–Crippen MR) is 74.1 cm³/mol. The van der Waals surface area contributed by atoms with Gasteiger partial charge in [-0.15, -0.1) is 0 Å². The van der Waals surface area contributed by atoms with E-state index in [1.54, 1.807) is 6.92 Å². The molecule has 1 aliphatic heterocycles. The molecule has 0 bridgehead atoms. The largest absolute Gasteiger partial charge is 0.480 e. The first kappa shape index (κ1) is 15.8.